The summed E-state index contributed by atoms with van der Waals surface area (Å²) >= 11 is 0. The molecule has 1 aliphatic rings. The fraction of sp³-hybridized carbons (Fsp3) is 0.423. The quantitative estimate of drug-likeness (QED) is 0.523. The molecule has 3 heterocycles. The highest BCUT2D eigenvalue weighted by Gasteiger charge is 2.27. The molecule has 186 valence electrons. The van der Waals surface area contributed by atoms with E-state index in [-0.39, 0.29) is 6.09 Å². The SMILES string of the molecule is COc1cc2c(Oc3ccc(N)nc3)ccnc2cc1OCC1CCN(C(=O)OC(C)(C)C)CC1. The summed E-state index contributed by atoms with van der Waals surface area (Å²) in [5.41, 5.74) is 5.89. The van der Waals surface area contributed by atoms with Crippen molar-refractivity contribution in [1.82, 2.24) is 14.9 Å². The second-order valence-corrected chi connectivity index (χ2v) is 9.57. The number of nitrogens with zero attached hydrogens (tertiary/aromatic N) is 3. The first-order chi connectivity index (χ1) is 16.7. The van der Waals surface area contributed by atoms with Crippen LogP contribution in [-0.4, -0.2) is 53.4 Å². The maximum absolute atomic E-state index is 12.3. The van der Waals surface area contributed by atoms with E-state index in [9.17, 15) is 4.79 Å². The molecule has 35 heavy (non-hydrogen) atoms. The van der Waals surface area contributed by atoms with Gasteiger partial charge in [0.15, 0.2) is 11.5 Å². The largest absolute Gasteiger partial charge is 0.493 e. The zero-order chi connectivity index (χ0) is 25.0. The lowest BCUT2D eigenvalue weighted by atomic mass is 9.98. The van der Waals surface area contributed by atoms with Gasteiger partial charge in [0, 0.05) is 30.7 Å². The number of fused-ring (bicyclic) bond motifs is 1. The summed E-state index contributed by atoms with van der Waals surface area (Å²) in [6.07, 6.45) is 4.70. The number of benzene rings is 1. The second kappa shape index (κ2) is 10.2. The lowest BCUT2D eigenvalue weighted by Gasteiger charge is -2.33. The fourth-order valence-electron chi connectivity index (χ4n) is 3.89. The normalized spacial score (nSPS) is 14.6. The highest BCUT2D eigenvalue weighted by Crippen LogP contribution is 2.37. The first-order valence-electron chi connectivity index (χ1n) is 11.7. The molecule has 1 aliphatic heterocycles. The van der Waals surface area contributed by atoms with Crippen LogP contribution < -0.4 is 19.9 Å². The zero-order valence-corrected chi connectivity index (χ0v) is 20.6. The van der Waals surface area contributed by atoms with Crippen LogP contribution in [0.2, 0.25) is 0 Å². The highest BCUT2D eigenvalue weighted by atomic mass is 16.6. The number of hydrogen-bond acceptors (Lipinski definition) is 8. The molecule has 0 atom stereocenters. The van der Waals surface area contributed by atoms with E-state index in [0.29, 0.717) is 54.4 Å². The smallest absolute Gasteiger partial charge is 0.410 e. The Balaban J connectivity index is 1.42. The second-order valence-electron chi connectivity index (χ2n) is 9.57. The van der Waals surface area contributed by atoms with Crippen molar-refractivity contribution in [2.75, 3.05) is 32.5 Å². The molecule has 0 unspecified atom stereocenters. The lowest BCUT2D eigenvalue weighted by molar-refractivity contribution is 0.0164. The standard InChI is InChI=1S/C26H32N4O5/c1-26(2,3)35-25(31)30-11-8-17(9-12-30)16-33-23-14-20-19(13-22(23)32-4)21(7-10-28-20)34-18-5-6-24(27)29-15-18/h5-7,10,13-15,17H,8-9,11-12,16H2,1-4H3,(H2,27,29). The minimum Gasteiger partial charge on any atom is -0.493 e. The van der Waals surface area contributed by atoms with Gasteiger partial charge in [0.1, 0.15) is 22.9 Å². The minimum absolute atomic E-state index is 0.257. The van der Waals surface area contributed by atoms with Crippen molar-refractivity contribution in [3.05, 3.63) is 42.7 Å². The molecule has 3 aromatic rings. The van der Waals surface area contributed by atoms with E-state index in [4.69, 9.17) is 24.7 Å². The molecule has 1 amide bonds. The molecule has 1 saturated heterocycles. The molecule has 9 heteroatoms. The third-order valence-corrected chi connectivity index (χ3v) is 5.71. The summed E-state index contributed by atoms with van der Waals surface area (Å²) < 4.78 is 23.2. The van der Waals surface area contributed by atoms with Crippen LogP contribution in [0.25, 0.3) is 10.9 Å². The monoisotopic (exact) mass is 480 g/mol. The topological polar surface area (TPSA) is 109 Å². The lowest BCUT2D eigenvalue weighted by Crippen LogP contribution is -2.42. The Labute approximate surface area is 205 Å². The maximum Gasteiger partial charge on any atom is 0.410 e. The molecule has 0 bridgehead atoms. The van der Waals surface area contributed by atoms with E-state index in [1.165, 1.54) is 0 Å². The molecule has 4 rings (SSSR count). The van der Waals surface area contributed by atoms with Crippen molar-refractivity contribution in [3.8, 4) is 23.0 Å². The Hall–Kier alpha value is -3.75. The van der Waals surface area contributed by atoms with Gasteiger partial charge in [-0.3, -0.25) is 4.98 Å². The Morgan fingerprint density at radius 1 is 1.09 bits per heavy atom. The minimum atomic E-state index is -0.491. The molecular weight excluding hydrogens is 448 g/mol. The molecule has 1 aromatic carbocycles. The van der Waals surface area contributed by atoms with Crippen LogP contribution in [0, 0.1) is 5.92 Å². The van der Waals surface area contributed by atoms with Gasteiger partial charge in [0.25, 0.3) is 0 Å². The Morgan fingerprint density at radius 2 is 1.86 bits per heavy atom. The van der Waals surface area contributed by atoms with Crippen molar-refractivity contribution >= 4 is 22.8 Å². The number of ether oxygens (including phenoxy) is 4. The number of amides is 1. The molecule has 2 N–H and O–H groups in total. The third-order valence-electron chi connectivity index (χ3n) is 5.71. The van der Waals surface area contributed by atoms with Crippen molar-refractivity contribution in [3.63, 3.8) is 0 Å². The number of nitrogens with two attached hydrogens (primary N) is 1. The first kappa shape index (κ1) is 24.4. The van der Waals surface area contributed by atoms with Gasteiger partial charge >= 0.3 is 6.09 Å². The van der Waals surface area contributed by atoms with Crippen LogP contribution in [0.3, 0.4) is 0 Å². The Kier molecular flexibility index (Phi) is 7.14. The zero-order valence-electron chi connectivity index (χ0n) is 20.6. The third kappa shape index (κ3) is 6.23. The van der Waals surface area contributed by atoms with Crippen LogP contribution >= 0.6 is 0 Å². The van der Waals surface area contributed by atoms with Crippen LogP contribution in [0.4, 0.5) is 10.6 Å². The predicted molar refractivity (Wildman–Crippen MR) is 133 cm³/mol. The van der Waals surface area contributed by atoms with Crippen molar-refractivity contribution in [2.24, 2.45) is 5.92 Å². The molecule has 0 aliphatic carbocycles. The molecule has 1 fully saturated rings. The fourth-order valence-corrected chi connectivity index (χ4v) is 3.89. The van der Waals surface area contributed by atoms with E-state index in [0.717, 1.165) is 23.7 Å². The van der Waals surface area contributed by atoms with Gasteiger partial charge in [-0.15, -0.1) is 0 Å². The summed E-state index contributed by atoms with van der Waals surface area (Å²) in [6.45, 7) is 7.46. The first-order valence-corrected chi connectivity index (χ1v) is 11.7. The van der Waals surface area contributed by atoms with Crippen LogP contribution in [0.5, 0.6) is 23.0 Å². The number of likely N-dealkylation sites (tertiary alicyclic amines) is 1. The molecule has 0 saturated carbocycles. The summed E-state index contributed by atoms with van der Waals surface area (Å²) in [7, 11) is 1.61. The van der Waals surface area contributed by atoms with Gasteiger partial charge in [-0.1, -0.05) is 0 Å². The number of methoxy groups -OCH3 is 1. The van der Waals surface area contributed by atoms with Gasteiger partial charge in [-0.05, 0) is 63.8 Å². The number of carbonyl (C=O) groups is 1. The number of nitrogen functional groups attached to an aromatic ring is 1. The number of aromatic nitrogens is 2. The van der Waals surface area contributed by atoms with Crippen molar-refractivity contribution in [1.29, 1.82) is 0 Å². The molecule has 0 spiro atoms. The molecule has 2 aromatic heterocycles. The van der Waals surface area contributed by atoms with Gasteiger partial charge in [-0.25, -0.2) is 9.78 Å². The molecule has 9 nitrogen and oxygen atoms in total. The average molecular weight is 481 g/mol. The predicted octanol–water partition coefficient (Wildman–Crippen LogP) is 5.04. The summed E-state index contributed by atoms with van der Waals surface area (Å²) in [6, 6.07) is 8.96. The summed E-state index contributed by atoms with van der Waals surface area (Å²) in [5.74, 6) is 3.17. The van der Waals surface area contributed by atoms with Crippen molar-refractivity contribution in [2.45, 2.75) is 39.2 Å². The van der Waals surface area contributed by atoms with Gasteiger partial charge < -0.3 is 29.6 Å². The Morgan fingerprint density at radius 3 is 2.51 bits per heavy atom. The highest BCUT2D eigenvalue weighted by molar-refractivity contribution is 5.88. The van der Waals surface area contributed by atoms with Crippen LogP contribution in [0.15, 0.2) is 42.7 Å². The number of anilines is 1. The summed E-state index contributed by atoms with van der Waals surface area (Å²) in [4.78, 5) is 22.6. The number of hydrogen-bond donors (Lipinski definition) is 1. The van der Waals surface area contributed by atoms with Gasteiger partial charge in [-0.2, -0.15) is 0 Å². The van der Waals surface area contributed by atoms with Crippen LogP contribution in [0.1, 0.15) is 33.6 Å². The van der Waals surface area contributed by atoms with E-state index < -0.39 is 5.60 Å². The Bertz CT molecular complexity index is 1170. The number of pyridine rings is 2. The molecular formula is C26H32N4O5. The number of carbonyl (C=O) groups excluding carboxylic acids is 1. The maximum atomic E-state index is 12.3. The van der Waals surface area contributed by atoms with Gasteiger partial charge in [0.05, 0.1) is 25.4 Å². The van der Waals surface area contributed by atoms with E-state index in [1.807, 2.05) is 32.9 Å². The number of rotatable bonds is 6. The molecule has 0 radical (unpaired) electrons. The van der Waals surface area contributed by atoms with E-state index in [1.54, 1.807) is 42.6 Å². The summed E-state index contributed by atoms with van der Waals surface area (Å²) in [5, 5.41) is 0.791. The van der Waals surface area contributed by atoms with E-state index in [2.05, 4.69) is 9.97 Å². The van der Waals surface area contributed by atoms with Crippen LogP contribution in [-0.2, 0) is 4.74 Å². The van der Waals surface area contributed by atoms with Crippen molar-refractivity contribution < 1.29 is 23.7 Å². The average Bonchev–Trinajstić information content (AvgIpc) is 2.83. The van der Waals surface area contributed by atoms with E-state index >= 15 is 0 Å². The van der Waals surface area contributed by atoms with Gasteiger partial charge in [0.2, 0.25) is 0 Å². The number of piperidine rings is 1.